The van der Waals surface area contributed by atoms with E-state index in [0.29, 0.717) is 6.07 Å². The molecule has 1 amide bonds. The number of ether oxygens (including phenoxy) is 1. The van der Waals surface area contributed by atoms with E-state index in [2.05, 4.69) is 15.1 Å². The Morgan fingerprint density at radius 2 is 1.68 bits per heavy atom. The third-order valence-corrected chi connectivity index (χ3v) is 4.85. The lowest BCUT2D eigenvalue weighted by Gasteiger charge is -2.13. The average Bonchev–Trinajstić information content (AvgIpc) is 3.13. The van der Waals surface area contributed by atoms with E-state index in [1.165, 1.54) is 20.2 Å². The minimum absolute atomic E-state index is 0.0155. The fraction of sp³-hybridized carbons (Fsp3) is 0.143. The molecule has 0 atom stereocenters. The quantitative estimate of drug-likeness (QED) is 0.343. The Morgan fingerprint density at radius 3 is 2.32 bits per heavy atom. The third kappa shape index (κ3) is 4.02. The van der Waals surface area contributed by atoms with Gasteiger partial charge in [-0.15, -0.1) is 0 Å². The molecule has 0 aliphatic heterocycles. The number of carbonyl (C=O) groups is 1. The number of halogens is 4. The lowest BCUT2D eigenvalue weighted by atomic mass is 10.1. The van der Waals surface area contributed by atoms with Crippen LogP contribution in [0.5, 0.6) is 5.75 Å². The summed E-state index contributed by atoms with van der Waals surface area (Å²) in [5.74, 6) is -5.26. The first-order chi connectivity index (χ1) is 16.1. The van der Waals surface area contributed by atoms with Gasteiger partial charge >= 0.3 is 6.09 Å². The van der Waals surface area contributed by atoms with Gasteiger partial charge in [0.2, 0.25) is 5.75 Å². The first kappa shape index (κ1) is 22.8. The lowest BCUT2D eigenvalue weighted by Crippen LogP contribution is -2.26. The van der Waals surface area contributed by atoms with Gasteiger partial charge in [-0.3, -0.25) is 0 Å². The van der Waals surface area contributed by atoms with Crippen molar-refractivity contribution in [2.75, 3.05) is 25.6 Å². The highest BCUT2D eigenvalue weighted by Crippen LogP contribution is 2.30. The predicted molar refractivity (Wildman–Crippen MR) is 114 cm³/mol. The molecule has 0 aliphatic carbocycles. The second-order valence-electron chi connectivity index (χ2n) is 7.40. The number of nitrogens with two attached hydrogens (primary N) is 2. The topological polar surface area (TPSA) is 125 Å². The molecule has 0 unspecified atom stereocenters. The van der Waals surface area contributed by atoms with Crippen molar-refractivity contribution in [1.29, 1.82) is 0 Å². The highest BCUT2D eigenvalue weighted by Gasteiger charge is 2.22. The van der Waals surface area contributed by atoms with Gasteiger partial charge in [0.05, 0.1) is 11.2 Å². The number of benzene rings is 2. The van der Waals surface area contributed by atoms with Gasteiger partial charge in [-0.2, -0.15) is 19.7 Å². The molecular formula is C21H17F4N7O2. The molecule has 2 aromatic heterocycles. The maximum Gasteiger partial charge on any atom is 0.414 e. The number of hydrogen-bond donors (Lipinski definition) is 2. The number of rotatable bonds is 4. The van der Waals surface area contributed by atoms with Crippen molar-refractivity contribution < 1.29 is 27.1 Å². The molecule has 2 aromatic carbocycles. The Labute approximate surface area is 189 Å². The molecule has 4 rings (SSSR count). The molecule has 0 aliphatic rings. The SMILES string of the molecule is CN(C)C(=O)Oc1c(N)nc(-n2nc(Cc3c(F)ccc(F)c3F)c3cc(F)ccc32)nc1N. The number of fused-ring (bicyclic) bond motifs is 1. The summed E-state index contributed by atoms with van der Waals surface area (Å²) >= 11 is 0. The summed E-state index contributed by atoms with van der Waals surface area (Å²) in [5.41, 5.74) is 11.5. The molecule has 4 N–H and O–H groups in total. The van der Waals surface area contributed by atoms with E-state index in [9.17, 15) is 22.4 Å². The van der Waals surface area contributed by atoms with E-state index in [4.69, 9.17) is 16.2 Å². The summed E-state index contributed by atoms with van der Waals surface area (Å²) in [6.45, 7) is 0. The van der Waals surface area contributed by atoms with Crippen molar-refractivity contribution in [1.82, 2.24) is 24.6 Å². The van der Waals surface area contributed by atoms with Crippen LogP contribution in [-0.4, -0.2) is 44.8 Å². The van der Waals surface area contributed by atoms with Crippen molar-refractivity contribution in [3.8, 4) is 11.7 Å². The van der Waals surface area contributed by atoms with E-state index in [-0.39, 0.29) is 39.9 Å². The molecule has 2 heterocycles. The van der Waals surface area contributed by atoms with E-state index in [0.717, 1.165) is 27.8 Å². The van der Waals surface area contributed by atoms with Crippen LogP contribution in [0.1, 0.15) is 11.3 Å². The molecular weight excluding hydrogens is 458 g/mol. The van der Waals surface area contributed by atoms with Gasteiger partial charge in [0.25, 0.3) is 5.95 Å². The zero-order chi connectivity index (χ0) is 24.7. The van der Waals surface area contributed by atoms with Crippen molar-refractivity contribution >= 4 is 28.6 Å². The molecule has 0 bridgehead atoms. The van der Waals surface area contributed by atoms with Crippen molar-refractivity contribution in [3.05, 3.63) is 64.9 Å². The molecule has 0 saturated heterocycles. The normalized spacial score (nSPS) is 11.1. The molecule has 0 spiro atoms. The minimum Gasteiger partial charge on any atom is -0.402 e. The molecule has 0 radical (unpaired) electrons. The zero-order valence-electron chi connectivity index (χ0n) is 17.8. The largest absolute Gasteiger partial charge is 0.414 e. The van der Waals surface area contributed by atoms with E-state index < -0.39 is 41.3 Å². The second kappa shape index (κ2) is 8.50. The number of nitrogens with zero attached hydrogens (tertiary/aromatic N) is 5. The molecule has 34 heavy (non-hydrogen) atoms. The second-order valence-corrected chi connectivity index (χ2v) is 7.40. The number of amides is 1. The molecule has 0 saturated carbocycles. The van der Waals surface area contributed by atoms with Crippen LogP contribution in [0.3, 0.4) is 0 Å². The van der Waals surface area contributed by atoms with Crippen LogP contribution in [0.15, 0.2) is 30.3 Å². The molecule has 4 aromatic rings. The summed E-state index contributed by atoms with van der Waals surface area (Å²) < 4.78 is 62.3. The van der Waals surface area contributed by atoms with Crippen LogP contribution in [0.2, 0.25) is 0 Å². The number of hydrogen-bond acceptors (Lipinski definition) is 7. The Balaban J connectivity index is 1.84. The number of carbonyl (C=O) groups excluding carboxylic acids is 1. The number of aromatic nitrogens is 4. The van der Waals surface area contributed by atoms with Gasteiger partial charge in [0.1, 0.15) is 11.6 Å². The smallest absolute Gasteiger partial charge is 0.402 e. The van der Waals surface area contributed by atoms with Gasteiger partial charge in [0, 0.05) is 31.5 Å². The van der Waals surface area contributed by atoms with Crippen LogP contribution >= 0.6 is 0 Å². The first-order valence-corrected chi connectivity index (χ1v) is 9.68. The fourth-order valence-corrected chi connectivity index (χ4v) is 3.19. The number of nitrogen functional groups attached to an aromatic ring is 2. The fourth-order valence-electron chi connectivity index (χ4n) is 3.19. The van der Waals surface area contributed by atoms with Gasteiger partial charge in [-0.05, 0) is 30.3 Å². The Kier molecular flexibility index (Phi) is 5.69. The molecule has 0 fully saturated rings. The summed E-state index contributed by atoms with van der Waals surface area (Å²) in [5, 5.41) is 4.42. The predicted octanol–water partition coefficient (Wildman–Crippen LogP) is 3.19. The summed E-state index contributed by atoms with van der Waals surface area (Å²) in [6, 6.07) is 5.02. The van der Waals surface area contributed by atoms with E-state index >= 15 is 0 Å². The highest BCUT2D eigenvalue weighted by molar-refractivity contribution is 5.84. The molecule has 9 nitrogen and oxygen atoms in total. The van der Waals surface area contributed by atoms with Crippen molar-refractivity contribution in [2.45, 2.75) is 6.42 Å². The van der Waals surface area contributed by atoms with Gasteiger partial charge < -0.3 is 21.1 Å². The minimum atomic E-state index is -1.38. The lowest BCUT2D eigenvalue weighted by molar-refractivity contribution is 0.172. The third-order valence-electron chi connectivity index (χ3n) is 4.85. The van der Waals surface area contributed by atoms with Crippen molar-refractivity contribution in [2.24, 2.45) is 0 Å². The standard InChI is InChI=1S/C21H17F4N7O2/c1-31(2)21(33)34-17-18(26)28-20(29-19(17)27)32-15-6-3-9(22)7-11(15)14(30-32)8-10-12(23)4-5-13(24)16(10)25/h3-7H,8H2,1-2H3,(H4,26,27,28,29). The molecule has 176 valence electrons. The first-order valence-electron chi connectivity index (χ1n) is 9.68. The average molecular weight is 475 g/mol. The van der Waals surface area contributed by atoms with Crippen LogP contribution in [-0.2, 0) is 6.42 Å². The summed E-state index contributed by atoms with van der Waals surface area (Å²) in [6.07, 6.45) is -1.26. The van der Waals surface area contributed by atoms with Crippen LogP contribution in [0.25, 0.3) is 16.9 Å². The monoisotopic (exact) mass is 475 g/mol. The Morgan fingerprint density at radius 1 is 1.03 bits per heavy atom. The Hall–Kier alpha value is -4.42. The van der Waals surface area contributed by atoms with E-state index in [1.54, 1.807) is 0 Å². The van der Waals surface area contributed by atoms with Gasteiger partial charge in [-0.25, -0.2) is 22.4 Å². The maximum atomic E-state index is 14.2. The number of anilines is 2. The van der Waals surface area contributed by atoms with Crippen LogP contribution < -0.4 is 16.2 Å². The highest BCUT2D eigenvalue weighted by atomic mass is 19.2. The van der Waals surface area contributed by atoms with Crippen molar-refractivity contribution in [3.63, 3.8) is 0 Å². The van der Waals surface area contributed by atoms with Gasteiger partial charge in [0.15, 0.2) is 23.3 Å². The van der Waals surface area contributed by atoms with Crippen LogP contribution in [0, 0.1) is 23.3 Å². The summed E-state index contributed by atoms with van der Waals surface area (Å²) in [7, 11) is 2.90. The van der Waals surface area contributed by atoms with Gasteiger partial charge in [-0.1, -0.05) is 0 Å². The summed E-state index contributed by atoms with van der Waals surface area (Å²) in [4.78, 5) is 21.1. The van der Waals surface area contributed by atoms with E-state index in [1.807, 2.05) is 0 Å². The van der Waals surface area contributed by atoms with Crippen LogP contribution in [0.4, 0.5) is 34.0 Å². The Bertz CT molecular complexity index is 1420. The molecule has 13 heteroatoms. The zero-order valence-corrected chi connectivity index (χ0v) is 17.8. The maximum absolute atomic E-state index is 14.2.